The van der Waals surface area contributed by atoms with Crippen molar-refractivity contribution in [2.75, 3.05) is 0 Å². The number of imidazole rings is 1. The number of carboxylic acid groups (broad SMARTS) is 1. The topological polar surface area (TPSA) is 141 Å². The van der Waals surface area contributed by atoms with Gasteiger partial charge in [-0.15, -0.1) is 5.10 Å². The summed E-state index contributed by atoms with van der Waals surface area (Å²) in [6.07, 6.45) is 9.18. The maximum absolute atomic E-state index is 13.2. The molecule has 11 heteroatoms. The predicted molar refractivity (Wildman–Crippen MR) is 146 cm³/mol. The van der Waals surface area contributed by atoms with Crippen LogP contribution in [0.5, 0.6) is 0 Å². The summed E-state index contributed by atoms with van der Waals surface area (Å²) in [5, 5.41) is 24.0. The fourth-order valence-electron chi connectivity index (χ4n) is 5.49. The molecule has 40 heavy (non-hydrogen) atoms. The summed E-state index contributed by atoms with van der Waals surface area (Å²) < 4.78 is 9.16. The van der Waals surface area contributed by atoms with Gasteiger partial charge >= 0.3 is 5.97 Å². The Labute approximate surface area is 229 Å². The Morgan fingerprint density at radius 2 is 1.85 bits per heavy atom. The SMILES string of the molecule is Cn1nnnc1-c1ccc(C[C@H](NC(=O)c2ccc3c(c2)nc(-c2ccoc2)n3C2CCCCC2)C(=O)O)cc1. The zero-order valence-electron chi connectivity index (χ0n) is 22.0. The van der Waals surface area contributed by atoms with E-state index < -0.39 is 17.9 Å². The molecule has 3 heterocycles. The highest BCUT2D eigenvalue weighted by Gasteiger charge is 2.25. The highest BCUT2D eigenvalue weighted by Crippen LogP contribution is 2.36. The number of aryl methyl sites for hydroxylation is 1. The molecular weight excluding hydrogens is 510 g/mol. The van der Waals surface area contributed by atoms with Crippen LogP contribution in [0.4, 0.5) is 0 Å². The molecule has 1 aliphatic rings. The number of fused-ring (bicyclic) bond motifs is 1. The van der Waals surface area contributed by atoms with Gasteiger partial charge in [0.2, 0.25) is 0 Å². The highest BCUT2D eigenvalue weighted by atomic mass is 16.4. The van der Waals surface area contributed by atoms with E-state index >= 15 is 0 Å². The van der Waals surface area contributed by atoms with Gasteiger partial charge in [0.25, 0.3) is 5.91 Å². The Hall–Kier alpha value is -4.80. The van der Waals surface area contributed by atoms with Gasteiger partial charge in [-0.1, -0.05) is 43.5 Å². The van der Waals surface area contributed by atoms with Crippen molar-refractivity contribution in [1.82, 2.24) is 35.1 Å². The van der Waals surface area contributed by atoms with Crippen molar-refractivity contribution >= 4 is 22.9 Å². The number of carbonyl (C=O) groups is 2. The molecule has 11 nitrogen and oxygen atoms in total. The Bertz CT molecular complexity index is 1650. The Morgan fingerprint density at radius 3 is 2.52 bits per heavy atom. The average molecular weight is 540 g/mol. The number of nitrogens with one attached hydrogen (secondary N) is 1. The number of furan rings is 1. The summed E-state index contributed by atoms with van der Waals surface area (Å²) in [5.41, 5.74) is 4.46. The minimum atomic E-state index is -1.11. The maximum atomic E-state index is 13.2. The average Bonchev–Trinajstić information content (AvgIpc) is 3.73. The molecule has 1 atom stereocenters. The third kappa shape index (κ3) is 4.97. The lowest BCUT2D eigenvalue weighted by atomic mass is 9.95. The fraction of sp³-hybridized carbons (Fsp3) is 0.310. The minimum absolute atomic E-state index is 0.127. The molecule has 6 rings (SSSR count). The first-order valence-corrected chi connectivity index (χ1v) is 13.4. The van der Waals surface area contributed by atoms with Crippen LogP contribution in [0.2, 0.25) is 0 Å². The molecule has 2 aromatic carbocycles. The number of rotatable bonds is 8. The van der Waals surface area contributed by atoms with Crippen LogP contribution >= 0.6 is 0 Å². The highest BCUT2D eigenvalue weighted by molar-refractivity contribution is 5.99. The van der Waals surface area contributed by atoms with Crippen molar-refractivity contribution in [3.05, 3.63) is 72.2 Å². The zero-order chi connectivity index (χ0) is 27.6. The van der Waals surface area contributed by atoms with Crippen molar-refractivity contribution < 1.29 is 19.1 Å². The van der Waals surface area contributed by atoms with E-state index in [4.69, 9.17) is 9.40 Å². The molecule has 0 aliphatic heterocycles. The number of aromatic nitrogens is 6. The second-order valence-corrected chi connectivity index (χ2v) is 10.2. The quantitative estimate of drug-likeness (QED) is 0.295. The van der Waals surface area contributed by atoms with E-state index in [-0.39, 0.29) is 6.42 Å². The third-order valence-electron chi connectivity index (χ3n) is 7.55. The van der Waals surface area contributed by atoms with Gasteiger partial charge in [0.15, 0.2) is 5.82 Å². The van der Waals surface area contributed by atoms with Crippen molar-refractivity contribution in [2.45, 2.75) is 50.6 Å². The molecule has 1 aliphatic carbocycles. The third-order valence-corrected chi connectivity index (χ3v) is 7.55. The van der Waals surface area contributed by atoms with Gasteiger partial charge in [-0.2, -0.15) is 0 Å². The number of carboxylic acids is 1. The lowest BCUT2D eigenvalue weighted by Gasteiger charge is -2.25. The molecule has 5 aromatic rings. The second-order valence-electron chi connectivity index (χ2n) is 10.2. The van der Waals surface area contributed by atoms with E-state index in [1.54, 1.807) is 36.4 Å². The molecule has 3 aromatic heterocycles. The minimum Gasteiger partial charge on any atom is -0.480 e. The summed E-state index contributed by atoms with van der Waals surface area (Å²) in [6, 6.07) is 13.8. The van der Waals surface area contributed by atoms with Gasteiger partial charge in [-0.05, 0) is 53.1 Å². The van der Waals surface area contributed by atoms with Crippen LogP contribution in [0.25, 0.3) is 33.8 Å². The number of aliphatic carboxylic acids is 1. The van der Waals surface area contributed by atoms with Gasteiger partial charge < -0.3 is 19.4 Å². The molecule has 1 amide bonds. The number of amides is 1. The molecule has 204 valence electrons. The first-order valence-electron chi connectivity index (χ1n) is 13.4. The van der Waals surface area contributed by atoms with E-state index in [0.29, 0.717) is 22.9 Å². The largest absolute Gasteiger partial charge is 0.480 e. The van der Waals surface area contributed by atoms with Crippen LogP contribution in [0, 0.1) is 0 Å². The fourth-order valence-corrected chi connectivity index (χ4v) is 5.49. The number of hydrogen-bond acceptors (Lipinski definition) is 7. The van der Waals surface area contributed by atoms with Crippen molar-refractivity contribution in [1.29, 1.82) is 0 Å². The number of carbonyl (C=O) groups excluding carboxylic acids is 1. The lowest BCUT2D eigenvalue weighted by molar-refractivity contribution is -0.139. The molecule has 2 N–H and O–H groups in total. The molecule has 0 unspecified atom stereocenters. The summed E-state index contributed by atoms with van der Waals surface area (Å²) >= 11 is 0. The standard InChI is InChI=1S/C29H29N7O4/c1-35-27(32-33-34-35)19-9-7-18(8-10-19)15-24(29(38)39)31-28(37)20-11-12-25-23(16-20)30-26(21-13-14-40-17-21)36(25)22-5-3-2-4-6-22/h7-14,16-17,22,24H,2-6,15H2,1H3,(H,31,37)(H,38,39)/t24-/m0/s1. The first kappa shape index (κ1) is 25.5. The smallest absolute Gasteiger partial charge is 0.326 e. The van der Waals surface area contributed by atoms with Crippen LogP contribution in [-0.4, -0.2) is 52.8 Å². The number of hydrogen-bond donors (Lipinski definition) is 2. The maximum Gasteiger partial charge on any atom is 0.326 e. The van der Waals surface area contributed by atoms with Crippen LogP contribution in [0.15, 0.2) is 65.5 Å². The summed E-state index contributed by atoms with van der Waals surface area (Å²) in [5.74, 6) is -0.156. The summed E-state index contributed by atoms with van der Waals surface area (Å²) in [4.78, 5) is 30.2. The normalized spacial score (nSPS) is 14.8. The van der Waals surface area contributed by atoms with Crippen LogP contribution in [0.3, 0.4) is 0 Å². The van der Waals surface area contributed by atoms with Crippen LogP contribution < -0.4 is 5.32 Å². The number of nitrogens with zero attached hydrogens (tertiary/aromatic N) is 6. The number of benzene rings is 2. The molecule has 1 fully saturated rings. The van der Waals surface area contributed by atoms with E-state index in [0.717, 1.165) is 40.9 Å². The zero-order valence-corrected chi connectivity index (χ0v) is 22.0. The first-order chi connectivity index (χ1) is 19.5. The monoisotopic (exact) mass is 539 g/mol. The van der Waals surface area contributed by atoms with E-state index in [9.17, 15) is 14.7 Å². The Morgan fingerprint density at radius 1 is 1.05 bits per heavy atom. The van der Waals surface area contributed by atoms with Gasteiger partial charge in [-0.3, -0.25) is 4.79 Å². The summed E-state index contributed by atoms with van der Waals surface area (Å²) in [7, 11) is 1.75. The van der Waals surface area contributed by atoms with Crippen LogP contribution in [-0.2, 0) is 18.3 Å². The lowest BCUT2D eigenvalue weighted by Crippen LogP contribution is -2.42. The Kier molecular flexibility index (Phi) is 6.85. The molecule has 0 radical (unpaired) electrons. The van der Waals surface area contributed by atoms with E-state index in [1.807, 2.05) is 36.4 Å². The van der Waals surface area contributed by atoms with Crippen molar-refractivity contribution in [3.63, 3.8) is 0 Å². The molecule has 1 saturated carbocycles. The van der Waals surface area contributed by atoms with Gasteiger partial charge in [0.05, 0.1) is 22.9 Å². The summed E-state index contributed by atoms with van der Waals surface area (Å²) in [6.45, 7) is 0. The van der Waals surface area contributed by atoms with Crippen molar-refractivity contribution in [2.24, 2.45) is 7.05 Å². The molecule has 0 saturated heterocycles. The predicted octanol–water partition coefficient (Wildman–Crippen LogP) is 4.42. The van der Waals surface area contributed by atoms with Crippen molar-refractivity contribution in [3.8, 4) is 22.8 Å². The van der Waals surface area contributed by atoms with Gasteiger partial charge in [0.1, 0.15) is 18.1 Å². The molecule has 0 bridgehead atoms. The van der Waals surface area contributed by atoms with Gasteiger partial charge in [-0.25, -0.2) is 14.5 Å². The molecule has 0 spiro atoms. The number of tetrazole rings is 1. The van der Waals surface area contributed by atoms with E-state index in [2.05, 4.69) is 25.4 Å². The van der Waals surface area contributed by atoms with Crippen LogP contribution in [0.1, 0.15) is 54.1 Å². The van der Waals surface area contributed by atoms with Gasteiger partial charge in [0, 0.05) is 30.6 Å². The Balaban J connectivity index is 1.23. The van der Waals surface area contributed by atoms with E-state index in [1.165, 1.54) is 19.3 Å². The molecular formula is C29H29N7O4. The second kappa shape index (κ2) is 10.8.